The van der Waals surface area contributed by atoms with Crippen molar-refractivity contribution in [3.05, 3.63) is 0 Å². The molecule has 22 heavy (non-hydrogen) atoms. The molecule has 5 atom stereocenters. The van der Waals surface area contributed by atoms with Crippen molar-refractivity contribution < 1.29 is 41.5 Å². The molecule has 1 rings (SSSR count). The van der Waals surface area contributed by atoms with Crippen molar-refractivity contribution in [2.45, 2.75) is 47.3 Å². The van der Waals surface area contributed by atoms with Crippen molar-refractivity contribution in [2.24, 2.45) is 0 Å². The molecule has 0 aromatic carbocycles. The fourth-order valence-electron chi connectivity index (χ4n) is 1.85. The molecule has 132 valence electrons. The van der Waals surface area contributed by atoms with Gasteiger partial charge >= 0.3 is 135 Å². The molecule has 1 fully saturated rings. The summed E-state index contributed by atoms with van der Waals surface area (Å²) in [5.74, 6) is -0.324. The van der Waals surface area contributed by atoms with Crippen LogP contribution in [0.15, 0.2) is 0 Å². The number of aliphatic hydroxyl groups is 3. The van der Waals surface area contributed by atoms with Crippen molar-refractivity contribution in [2.75, 3.05) is 12.4 Å². The number of hydrogen-bond donors (Lipinski definition) is 4. The van der Waals surface area contributed by atoms with E-state index in [2.05, 4.69) is 0 Å². The number of hydrogen-bond acceptors (Lipinski definition) is 9. The summed E-state index contributed by atoms with van der Waals surface area (Å²) in [7, 11) is -4.11. The van der Waals surface area contributed by atoms with Crippen LogP contribution in [0.1, 0.15) is 0 Å². The average molecular weight is 424 g/mol. The monoisotopic (exact) mass is 424 g/mol. The van der Waals surface area contributed by atoms with Crippen molar-refractivity contribution in [1.29, 1.82) is 0 Å². The predicted molar refractivity (Wildman–Crippen MR) is 79.6 cm³/mol. The number of ether oxygens (including phenoxy) is 2. The van der Waals surface area contributed by atoms with Crippen LogP contribution in [0.2, 0.25) is 16.6 Å². The summed E-state index contributed by atoms with van der Waals surface area (Å²) in [6, 6.07) is 0. The number of rotatable bonds is 8. The maximum absolute atomic E-state index is 11.8. The third-order valence-electron chi connectivity index (χ3n) is 2.80. The van der Waals surface area contributed by atoms with Gasteiger partial charge in [0.15, 0.2) is 0 Å². The van der Waals surface area contributed by atoms with Crippen molar-refractivity contribution in [3.63, 3.8) is 0 Å². The van der Waals surface area contributed by atoms with Gasteiger partial charge in [-0.15, -0.1) is 0 Å². The van der Waals surface area contributed by atoms with Gasteiger partial charge in [0.1, 0.15) is 0 Å². The third kappa shape index (κ3) is 7.33. The quantitative estimate of drug-likeness (QED) is 0.217. The summed E-state index contributed by atoms with van der Waals surface area (Å²) in [5, 5.41) is 29.3. The van der Waals surface area contributed by atoms with Gasteiger partial charge in [-0.2, -0.15) is 0 Å². The van der Waals surface area contributed by atoms with Crippen LogP contribution in [-0.2, 0) is 22.4 Å². The van der Waals surface area contributed by atoms with Gasteiger partial charge in [0.2, 0.25) is 0 Å². The summed E-state index contributed by atoms with van der Waals surface area (Å²) in [4.78, 5) is 0. The van der Waals surface area contributed by atoms with Crippen LogP contribution in [0, 0.1) is 0 Å². The summed E-state index contributed by atoms with van der Waals surface area (Å²) in [6.07, 6.45) is -5.83. The Hall–Kier alpha value is 0.418. The average Bonchev–Trinajstić information content (AvgIpc) is 2.59. The molecule has 1 aliphatic rings. The van der Waals surface area contributed by atoms with Gasteiger partial charge in [0.25, 0.3) is 0 Å². The molecule has 0 amide bonds. The number of aliphatic hydroxyl groups excluding tert-OH is 3. The second kappa shape index (κ2) is 8.00. The van der Waals surface area contributed by atoms with Gasteiger partial charge in [-0.05, 0) is 0 Å². The molecule has 12 heteroatoms. The van der Waals surface area contributed by atoms with E-state index in [0.29, 0.717) is 0 Å². The molecular weight excluding hydrogens is 403 g/mol. The van der Waals surface area contributed by atoms with Gasteiger partial charge in [-0.3, -0.25) is 0 Å². The van der Waals surface area contributed by atoms with Crippen molar-refractivity contribution in [3.8, 4) is 0 Å². The standard InChI is InChI=1S/C10H21AsO9S2/c1-11(2,15)3-7-8(13)9(14)10(20-7)19-4-6(12)5-21-22(16,17)18/h6-10,12-14H,3-5H2,1-2H3,(H,16,17,18)/t6?,7-,8-,9-,10-/m1/s1. The Labute approximate surface area is 134 Å². The molecule has 1 heterocycles. The Morgan fingerprint density at radius 3 is 2.41 bits per heavy atom. The third-order valence-corrected chi connectivity index (χ3v) is 7.52. The van der Waals surface area contributed by atoms with Gasteiger partial charge in [-0.1, -0.05) is 0 Å². The molecule has 0 radical (unpaired) electrons. The Morgan fingerprint density at radius 2 is 1.91 bits per heavy atom. The van der Waals surface area contributed by atoms with Crippen molar-refractivity contribution >= 4 is 33.4 Å². The molecule has 1 aliphatic heterocycles. The van der Waals surface area contributed by atoms with Crippen LogP contribution in [0.3, 0.4) is 0 Å². The SMILES string of the molecule is C[As](C)(=O)C[C@H]1O[C@@H](OCC(O)CSS(=O)(=O)O)[C@H](O)[C@@H]1O. The van der Waals surface area contributed by atoms with E-state index in [1.54, 1.807) is 11.4 Å². The summed E-state index contributed by atoms with van der Waals surface area (Å²) < 4.78 is 51.7. The zero-order valence-electron chi connectivity index (χ0n) is 12.1. The van der Waals surface area contributed by atoms with Gasteiger partial charge in [-0.25, -0.2) is 0 Å². The fourth-order valence-corrected chi connectivity index (χ4v) is 5.72. The van der Waals surface area contributed by atoms with Crippen LogP contribution in [0.4, 0.5) is 0 Å². The molecule has 0 aliphatic carbocycles. The van der Waals surface area contributed by atoms with E-state index >= 15 is 0 Å². The molecule has 1 saturated heterocycles. The van der Waals surface area contributed by atoms with Crippen LogP contribution in [0.5, 0.6) is 0 Å². The molecular formula is C10H21AsO9S2. The van der Waals surface area contributed by atoms with E-state index in [0.717, 1.165) is 0 Å². The minimum atomic E-state index is -4.25. The molecule has 0 saturated carbocycles. The molecule has 0 aromatic heterocycles. The molecule has 1 unspecified atom stereocenters. The molecule has 0 bridgehead atoms. The van der Waals surface area contributed by atoms with E-state index in [4.69, 9.17) is 14.0 Å². The Kier molecular flexibility index (Phi) is 7.44. The Morgan fingerprint density at radius 1 is 1.32 bits per heavy atom. The second-order valence-corrected chi connectivity index (χ2v) is 16.2. The predicted octanol–water partition coefficient (Wildman–Crippen LogP) is -1.02. The first-order valence-electron chi connectivity index (χ1n) is 6.36. The zero-order valence-corrected chi connectivity index (χ0v) is 15.6. The van der Waals surface area contributed by atoms with E-state index in [1.165, 1.54) is 0 Å². The van der Waals surface area contributed by atoms with E-state index in [1.807, 2.05) is 0 Å². The van der Waals surface area contributed by atoms with Crippen molar-refractivity contribution in [1.82, 2.24) is 0 Å². The molecule has 4 N–H and O–H groups in total. The van der Waals surface area contributed by atoms with Gasteiger partial charge in [0.05, 0.1) is 0 Å². The van der Waals surface area contributed by atoms with Crippen LogP contribution >= 0.6 is 10.8 Å². The van der Waals surface area contributed by atoms with E-state index in [9.17, 15) is 27.5 Å². The first kappa shape index (κ1) is 20.5. The first-order valence-corrected chi connectivity index (χ1v) is 15.1. The van der Waals surface area contributed by atoms with Crippen LogP contribution < -0.4 is 0 Å². The Balaban J connectivity index is 2.45. The van der Waals surface area contributed by atoms with Gasteiger partial charge < -0.3 is 0 Å². The fraction of sp³-hybridized carbons (Fsp3) is 1.00. The summed E-state index contributed by atoms with van der Waals surface area (Å²) in [5.41, 5.74) is 3.18. The topological polar surface area (TPSA) is 151 Å². The normalized spacial score (nSPS) is 31.4. The summed E-state index contributed by atoms with van der Waals surface area (Å²) >= 11 is -3.08. The molecule has 0 aromatic rings. The Bertz CT molecular complexity index is 505. The minimum absolute atomic E-state index is 0.136. The zero-order chi connectivity index (χ0) is 17.1. The molecule has 9 nitrogen and oxygen atoms in total. The van der Waals surface area contributed by atoms with E-state index in [-0.39, 0.29) is 28.4 Å². The second-order valence-electron chi connectivity index (χ2n) is 5.48. The van der Waals surface area contributed by atoms with Crippen LogP contribution in [-0.4, -0.2) is 84.8 Å². The first-order chi connectivity index (χ1) is 9.89. The maximum atomic E-state index is 11.8. The molecule has 0 spiro atoms. The van der Waals surface area contributed by atoms with Crippen LogP contribution in [0.25, 0.3) is 0 Å². The van der Waals surface area contributed by atoms with E-state index < -0.39 is 53.3 Å². The summed E-state index contributed by atoms with van der Waals surface area (Å²) in [6.45, 7) is -0.357. The van der Waals surface area contributed by atoms with Gasteiger partial charge in [0, 0.05) is 0 Å².